The van der Waals surface area contributed by atoms with Crippen molar-refractivity contribution < 1.29 is 9.59 Å². The second-order valence-corrected chi connectivity index (χ2v) is 6.28. The van der Waals surface area contributed by atoms with Gasteiger partial charge in [-0.25, -0.2) is 0 Å². The summed E-state index contributed by atoms with van der Waals surface area (Å²) in [5, 5.41) is 6.00. The molecule has 0 saturated carbocycles. The lowest BCUT2D eigenvalue weighted by Crippen LogP contribution is -2.30. The van der Waals surface area contributed by atoms with E-state index in [1.54, 1.807) is 17.0 Å². The Morgan fingerprint density at radius 3 is 2.42 bits per heavy atom. The summed E-state index contributed by atoms with van der Waals surface area (Å²) in [6, 6.07) is 13.2. The number of benzene rings is 2. The molecule has 2 aromatic rings. The number of rotatable bonds is 7. The summed E-state index contributed by atoms with van der Waals surface area (Å²) < 4.78 is 0. The molecule has 2 rings (SSSR count). The second kappa shape index (κ2) is 9.04. The smallest absolute Gasteiger partial charge is 0.253 e. The predicted octanol–water partition coefficient (Wildman–Crippen LogP) is 3.84. The molecule has 0 unspecified atom stereocenters. The van der Waals surface area contributed by atoms with E-state index in [4.69, 9.17) is 0 Å². The Labute approximate surface area is 155 Å². The summed E-state index contributed by atoms with van der Waals surface area (Å²) in [7, 11) is 0. The molecule has 26 heavy (non-hydrogen) atoms. The van der Waals surface area contributed by atoms with Gasteiger partial charge >= 0.3 is 0 Å². The van der Waals surface area contributed by atoms with E-state index in [-0.39, 0.29) is 18.4 Å². The van der Waals surface area contributed by atoms with Gasteiger partial charge in [0.15, 0.2) is 0 Å². The average Bonchev–Trinajstić information content (AvgIpc) is 2.64. The first-order valence-corrected chi connectivity index (χ1v) is 8.95. The highest BCUT2D eigenvalue weighted by Crippen LogP contribution is 2.17. The van der Waals surface area contributed by atoms with E-state index < -0.39 is 0 Å². The highest BCUT2D eigenvalue weighted by atomic mass is 16.2. The molecule has 0 radical (unpaired) electrons. The molecular formula is C21H27N3O2. The highest BCUT2D eigenvalue weighted by Gasteiger charge is 2.13. The zero-order valence-corrected chi connectivity index (χ0v) is 15.9. The second-order valence-electron chi connectivity index (χ2n) is 6.28. The highest BCUT2D eigenvalue weighted by molar-refractivity contribution is 5.96. The fraction of sp³-hybridized carbons (Fsp3) is 0.333. The van der Waals surface area contributed by atoms with Crippen molar-refractivity contribution in [2.45, 2.75) is 27.7 Å². The van der Waals surface area contributed by atoms with Crippen LogP contribution in [-0.2, 0) is 4.79 Å². The van der Waals surface area contributed by atoms with Gasteiger partial charge in [0, 0.05) is 30.0 Å². The molecule has 5 nitrogen and oxygen atoms in total. The molecule has 2 aromatic carbocycles. The molecule has 2 N–H and O–H groups in total. The Kier molecular flexibility index (Phi) is 6.78. The van der Waals surface area contributed by atoms with Crippen LogP contribution < -0.4 is 10.6 Å². The van der Waals surface area contributed by atoms with Gasteiger partial charge in [-0.15, -0.1) is 0 Å². The van der Waals surface area contributed by atoms with Crippen LogP contribution in [0.5, 0.6) is 0 Å². The lowest BCUT2D eigenvalue weighted by Gasteiger charge is -2.19. The lowest BCUT2D eigenvalue weighted by molar-refractivity contribution is -0.114. The first kappa shape index (κ1) is 19.5. The van der Waals surface area contributed by atoms with Crippen LogP contribution in [0.3, 0.4) is 0 Å². The molecule has 0 bridgehead atoms. The fourth-order valence-corrected chi connectivity index (χ4v) is 2.70. The molecule has 0 aliphatic carbocycles. The van der Waals surface area contributed by atoms with Crippen LogP contribution in [0.25, 0.3) is 0 Å². The summed E-state index contributed by atoms with van der Waals surface area (Å²) in [6.45, 7) is 9.35. The number of hydrogen-bond donors (Lipinski definition) is 2. The van der Waals surface area contributed by atoms with Crippen LogP contribution in [0.1, 0.15) is 35.3 Å². The van der Waals surface area contributed by atoms with Crippen LogP contribution in [-0.4, -0.2) is 36.3 Å². The van der Waals surface area contributed by atoms with E-state index in [2.05, 4.69) is 10.6 Å². The van der Waals surface area contributed by atoms with Crippen molar-refractivity contribution in [3.63, 3.8) is 0 Å². The maximum Gasteiger partial charge on any atom is 0.253 e. The number of amides is 2. The summed E-state index contributed by atoms with van der Waals surface area (Å²) in [5.41, 5.74) is 4.31. The zero-order valence-electron chi connectivity index (χ0n) is 15.9. The van der Waals surface area contributed by atoms with Gasteiger partial charge < -0.3 is 15.5 Å². The van der Waals surface area contributed by atoms with Crippen molar-refractivity contribution in [3.05, 3.63) is 59.2 Å². The van der Waals surface area contributed by atoms with Crippen LogP contribution in [0.4, 0.5) is 11.4 Å². The fourth-order valence-electron chi connectivity index (χ4n) is 2.70. The third-order valence-electron chi connectivity index (χ3n) is 4.28. The normalized spacial score (nSPS) is 10.3. The Hall–Kier alpha value is -2.82. The predicted molar refractivity (Wildman–Crippen MR) is 107 cm³/mol. The monoisotopic (exact) mass is 353 g/mol. The van der Waals surface area contributed by atoms with Gasteiger partial charge in [-0.05, 0) is 63.1 Å². The minimum atomic E-state index is -0.126. The number of carbonyl (C=O) groups is 2. The third kappa shape index (κ3) is 5.09. The Morgan fingerprint density at radius 1 is 1.00 bits per heavy atom. The number of nitrogens with zero attached hydrogens (tertiary/aromatic N) is 1. The minimum Gasteiger partial charge on any atom is -0.376 e. The average molecular weight is 353 g/mol. The molecule has 2 amide bonds. The van der Waals surface area contributed by atoms with E-state index in [1.807, 2.05) is 58.0 Å². The largest absolute Gasteiger partial charge is 0.376 e. The quantitative estimate of drug-likeness (QED) is 0.795. The van der Waals surface area contributed by atoms with E-state index in [1.165, 1.54) is 0 Å². The van der Waals surface area contributed by atoms with Crippen LogP contribution in [0.2, 0.25) is 0 Å². The zero-order chi connectivity index (χ0) is 19.1. The molecule has 0 aliphatic rings. The molecule has 0 heterocycles. The number of anilines is 2. The third-order valence-corrected chi connectivity index (χ3v) is 4.28. The molecule has 0 spiro atoms. The molecule has 0 saturated heterocycles. The first-order chi connectivity index (χ1) is 12.4. The molecule has 0 fully saturated rings. The Bertz CT molecular complexity index is 783. The van der Waals surface area contributed by atoms with Crippen molar-refractivity contribution in [2.24, 2.45) is 0 Å². The van der Waals surface area contributed by atoms with Crippen LogP contribution in [0, 0.1) is 13.8 Å². The van der Waals surface area contributed by atoms with E-state index in [9.17, 15) is 9.59 Å². The molecular weight excluding hydrogens is 326 g/mol. The Balaban J connectivity index is 1.99. The molecule has 0 aromatic heterocycles. The SMILES string of the molecule is CCN(CC)C(=O)c1cccc(NCC(=O)Nc2cc(C)ccc2C)c1. The molecule has 5 heteroatoms. The van der Waals surface area contributed by atoms with Gasteiger partial charge in [-0.1, -0.05) is 18.2 Å². The molecule has 0 aliphatic heterocycles. The Morgan fingerprint density at radius 2 is 1.73 bits per heavy atom. The van der Waals surface area contributed by atoms with E-state index in [0.29, 0.717) is 18.7 Å². The molecule has 138 valence electrons. The number of nitrogens with one attached hydrogen (secondary N) is 2. The number of aryl methyl sites for hydroxylation is 2. The van der Waals surface area contributed by atoms with Gasteiger partial charge in [-0.2, -0.15) is 0 Å². The van der Waals surface area contributed by atoms with Crippen LogP contribution >= 0.6 is 0 Å². The van der Waals surface area contributed by atoms with E-state index >= 15 is 0 Å². The van der Waals surface area contributed by atoms with Gasteiger partial charge in [0.1, 0.15) is 0 Å². The number of carbonyl (C=O) groups excluding carboxylic acids is 2. The topological polar surface area (TPSA) is 61.4 Å². The van der Waals surface area contributed by atoms with Crippen molar-refractivity contribution in [1.82, 2.24) is 4.90 Å². The van der Waals surface area contributed by atoms with Crippen molar-refractivity contribution in [3.8, 4) is 0 Å². The first-order valence-electron chi connectivity index (χ1n) is 8.95. The standard InChI is InChI=1S/C21H27N3O2/c1-5-24(6-2)21(26)17-8-7-9-18(13-17)22-14-20(25)23-19-12-15(3)10-11-16(19)4/h7-13,22H,5-6,14H2,1-4H3,(H,23,25). The van der Waals surface area contributed by atoms with E-state index in [0.717, 1.165) is 22.5 Å². The summed E-state index contributed by atoms with van der Waals surface area (Å²) >= 11 is 0. The summed E-state index contributed by atoms with van der Waals surface area (Å²) in [6.07, 6.45) is 0. The minimum absolute atomic E-state index is 0.00140. The maximum atomic E-state index is 12.4. The van der Waals surface area contributed by atoms with Crippen molar-refractivity contribution in [2.75, 3.05) is 30.3 Å². The summed E-state index contributed by atoms with van der Waals surface area (Å²) in [4.78, 5) is 26.4. The lowest BCUT2D eigenvalue weighted by atomic mass is 10.1. The maximum absolute atomic E-state index is 12.4. The molecule has 0 atom stereocenters. The van der Waals surface area contributed by atoms with Crippen molar-refractivity contribution in [1.29, 1.82) is 0 Å². The van der Waals surface area contributed by atoms with Crippen LogP contribution in [0.15, 0.2) is 42.5 Å². The van der Waals surface area contributed by atoms with Gasteiger partial charge in [0.2, 0.25) is 5.91 Å². The van der Waals surface area contributed by atoms with Gasteiger partial charge in [-0.3, -0.25) is 9.59 Å². The van der Waals surface area contributed by atoms with Gasteiger partial charge in [0.25, 0.3) is 5.91 Å². The van der Waals surface area contributed by atoms with Gasteiger partial charge in [0.05, 0.1) is 6.54 Å². The number of hydrogen-bond acceptors (Lipinski definition) is 3. The van der Waals surface area contributed by atoms with Crippen molar-refractivity contribution >= 4 is 23.2 Å². The summed E-state index contributed by atoms with van der Waals surface area (Å²) in [5.74, 6) is -0.127.